The first-order chi connectivity index (χ1) is 20.4. The summed E-state index contributed by atoms with van der Waals surface area (Å²) in [5.41, 5.74) is 1.80. The highest BCUT2D eigenvalue weighted by atomic mass is 16.6. The van der Waals surface area contributed by atoms with Crippen molar-refractivity contribution in [2.75, 3.05) is 6.61 Å². The molecular formula is C33H43N3O7. The maximum atomic E-state index is 13.2. The molecule has 3 aromatic rings. The van der Waals surface area contributed by atoms with Gasteiger partial charge in [-0.1, -0.05) is 62.4 Å². The van der Waals surface area contributed by atoms with Gasteiger partial charge in [0.05, 0.1) is 6.61 Å². The molecular weight excluding hydrogens is 550 g/mol. The zero-order chi connectivity index (χ0) is 31.4. The van der Waals surface area contributed by atoms with Crippen molar-refractivity contribution in [2.24, 2.45) is 5.92 Å². The van der Waals surface area contributed by atoms with Gasteiger partial charge in [-0.25, -0.2) is 14.4 Å². The summed E-state index contributed by atoms with van der Waals surface area (Å²) in [4.78, 5) is 54.8. The van der Waals surface area contributed by atoms with E-state index in [-0.39, 0.29) is 32.5 Å². The number of esters is 2. The minimum absolute atomic E-state index is 0.0511. The Balaban J connectivity index is 1.69. The van der Waals surface area contributed by atoms with Crippen molar-refractivity contribution >= 4 is 34.8 Å². The molecule has 3 rings (SSSR count). The number of carbonyl (C=O) groups is 4. The summed E-state index contributed by atoms with van der Waals surface area (Å²) in [6, 6.07) is 14.9. The van der Waals surface area contributed by atoms with Crippen LogP contribution in [0.25, 0.3) is 10.9 Å². The lowest BCUT2D eigenvalue weighted by Gasteiger charge is -2.23. The maximum Gasteiger partial charge on any atom is 0.408 e. The van der Waals surface area contributed by atoms with E-state index in [1.165, 1.54) is 0 Å². The number of amides is 2. The minimum atomic E-state index is -1.11. The van der Waals surface area contributed by atoms with Crippen molar-refractivity contribution in [3.05, 3.63) is 71.9 Å². The lowest BCUT2D eigenvalue weighted by atomic mass is 10.0. The van der Waals surface area contributed by atoms with Crippen LogP contribution in [0.15, 0.2) is 60.8 Å². The van der Waals surface area contributed by atoms with Crippen molar-refractivity contribution in [1.29, 1.82) is 0 Å². The zero-order valence-electron chi connectivity index (χ0n) is 25.6. The van der Waals surface area contributed by atoms with Crippen LogP contribution in [0.2, 0.25) is 0 Å². The fourth-order valence-corrected chi connectivity index (χ4v) is 4.28. The molecule has 0 bridgehead atoms. The summed E-state index contributed by atoms with van der Waals surface area (Å²) in [5, 5.41) is 6.24. The van der Waals surface area contributed by atoms with Crippen molar-refractivity contribution in [1.82, 2.24) is 15.6 Å². The number of hydrogen-bond donors (Lipinski definition) is 3. The normalized spacial score (nSPS) is 12.8. The number of aromatic nitrogens is 1. The van der Waals surface area contributed by atoms with E-state index in [2.05, 4.69) is 15.6 Å². The summed E-state index contributed by atoms with van der Waals surface area (Å²) >= 11 is 0. The molecule has 0 fully saturated rings. The summed E-state index contributed by atoms with van der Waals surface area (Å²) in [6.45, 7) is 9.39. The molecule has 2 atom stereocenters. The number of rotatable bonds is 14. The highest BCUT2D eigenvalue weighted by Crippen LogP contribution is 2.20. The molecule has 0 saturated carbocycles. The van der Waals surface area contributed by atoms with Crippen LogP contribution < -0.4 is 10.6 Å². The molecule has 0 aliphatic carbocycles. The third kappa shape index (κ3) is 11.5. The highest BCUT2D eigenvalue weighted by Gasteiger charge is 2.28. The summed E-state index contributed by atoms with van der Waals surface area (Å²) in [6.07, 6.45) is 1.66. The number of hydrogen-bond acceptors (Lipinski definition) is 7. The van der Waals surface area contributed by atoms with Crippen LogP contribution in [-0.2, 0) is 41.6 Å². The van der Waals surface area contributed by atoms with Gasteiger partial charge in [0.25, 0.3) is 0 Å². The number of benzene rings is 2. The molecule has 1 heterocycles. The number of nitrogens with one attached hydrogen (secondary N) is 3. The lowest BCUT2D eigenvalue weighted by molar-refractivity contribution is -0.149. The standard InChI is InChI=1S/C33H43N3O7/c1-22(2)17-18-41-30(38)27(36-32(40)43-33(3,4)5)15-16-29(37)35-28(31(39)42-21-23-11-7-6-8-12-23)19-24-20-34-26-14-10-9-13-25(24)26/h6-14,20,22,27-28,34H,15-19,21H2,1-5H3,(H,35,37)(H,36,40)/t27-,28-/m1/s1. The van der Waals surface area contributed by atoms with Gasteiger partial charge in [-0.15, -0.1) is 0 Å². The van der Waals surface area contributed by atoms with Gasteiger partial charge in [0.15, 0.2) is 0 Å². The fourth-order valence-electron chi connectivity index (χ4n) is 4.28. The van der Waals surface area contributed by atoms with E-state index in [4.69, 9.17) is 14.2 Å². The Labute approximate surface area is 252 Å². The molecule has 0 unspecified atom stereocenters. The van der Waals surface area contributed by atoms with Gasteiger partial charge >= 0.3 is 18.0 Å². The zero-order valence-corrected chi connectivity index (χ0v) is 25.6. The summed E-state index contributed by atoms with van der Waals surface area (Å²) in [7, 11) is 0. The molecule has 0 aliphatic heterocycles. The lowest BCUT2D eigenvalue weighted by Crippen LogP contribution is -2.46. The van der Waals surface area contributed by atoms with Gasteiger partial charge in [0.2, 0.25) is 5.91 Å². The summed E-state index contributed by atoms with van der Waals surface area (Å²) < 4.78 is 16.2. The summed E-state index contributed by atoms with van der Waals surface area (Å²) in [5.74, 6) is -1.39. The van der Waals surface area contributed by atoms with E-state index < -0.39 is 41.6 Å². The first-order valence-corrected chi connectivity index (χ1v) is 14.6. The van der Waals surface area contributed by atoms with Crippen LogP contribution >= 0.6 is 0 Å². The Morgan fingerprint density at radius 3 is 2.21 bits per heavy atom. The average molecular weight is 594 g/mol. The topological polar surface area (TPSA) is 136 Å². The number of H-pyrrole nitrogens is 1. The van der Waals surface area contributed by atoms with Crippen molar-refractivity contribution in [3.63, 3.8) is 0 Å². The molecule has 43 heavy (non-hydrogen) atoms. The number of alkyl carbamates (subject to hydrolysis) is 1. The Bertz CT molecular complexity index is 1360. The van der Waals surface area contributed by atoms with Crippen molar-refractivity contribution < 1.29 is 33.4 Å². The van der Waals surface area contributed by atoms with Gasteiger partial charge in [-0.2, -0.15) is 0 Å². The number of para-hydroxylation sites is 1. The highest BCUT2D eigenvalue weighted by molar-refractivity contribution is 5.88. The predicted octanol–water partition coefficient (Wildman–Crippen LogP) is 5.20. The third-order valence-electron chi connectivity index (χ3n) is 6.52. The fraction of sp³-hybridized carbons (Fsp3) is 0.455. The van der Waals surface area contributed by atoms with E-state index in [1.807, 2.05) is 74.6 Å². The molecule has 2 aromatic carbocycles. The second-order valence-corrected chi connectivity index (χ2v) is 11.9. The number of fused-ring (bicyclic) bond motifs is 1. The van der Waals surface area contributed by atoms with E-state index in [0.29, 0.717) is 12.3 Å². The Kier molecular flexibility index (Phi) is 12.2. The molecule has 0 radical (unpaired) electrons. The molecule has 10 nitrogen and oxygen atoms in total. The molecule has 3 N–H and O–H groups in total. The number of aromatic amines is 1. The second kappa shape index (κ2) is 15.8. The van der Waals surface area contributed by atoms with E-state index >= 15 is 0 Å². The maximum absolute atomic E-state index is 13.2. The van der Waals surface area contributed by atoms with E-state index in [1.54, 1.807) is 20.8 Å². The van der Waals surface area contributed by atoms with Crippen LogP contribution in [0, 0.1) is 5.92 Å². The minimum Gasteiger partial charge on any atom is -0.464 e. The first-order valence-electron chi connectivity index (χ1n) is 14.6. The van der Waals surface area contributed by atoms with Gasteiger partial charge in [-0.3, -0.25) is 4.79 Å². The van der Waals surface area contributed by atoms with Crippen molar-refractivity contribution in [3.8, 4) is 0 Å². The predicted molar refractivity (Wildman–Crippen MR) is 163 cm³/mol. The Morgan fingerprint density at radius 1 is 0.837 bits per heavy atom. The SMILES string of the molecule is CC(C)CCOC(=O)[C@@H](CCC(=O)N[C@H](Cc1c[nH]c2ccccc12)C(=O)OCc1ccccc1)NC(=O)OC(C)(C)C. The third-order valence-corrected chi connectivity index (χ3v) is 6.52. The molecule has 10 heteroatoms. The number of carbonyl (C=O) groups excluding carboxylic acids is 4. The van der Waals surface area contributed by atoms with Gasteiger partial charge in [0.1, 0.15) is 24.3 Å². The van der Waals surface area contributed by atoms with E-state index in [9.17, 15) is 19.2 Å². The van der Waals surface area contributed by atoms with Crippen LogP contribution in [0.1, 0.15) is 65.0 Å². The van der Waals surface area contributed by atoms with Crippen LogP contribution in [0.5, 0.6) is 0 Å². The quantitative estimate of drug-likeness (QED) is 0.173. The molecule has 0 saturated heterocycles. The average Bonchev–Trinajstić information content (AvgIpc) is 3.35. The van der Waals surface area contributed by atoms with Gasteiger partial charge in [-0.05, 0) is 56.7 Å². The van der Waals surface area contributed by atoms with E-state index in [0.717, 1.165) is 22.0 Å². The van der Waals surface area contributed by atoms with Gasteiger partial charge < -0.3 is 29.8 Å². The second-order valence-electron chi connectivity index (χ2n) is 11.9. The largest absolute Gasteiger partial charge is 0.464 e. The Hall–Kier alpha value is -4.34. The molecule has 2 amide bonds. The smallest absolute Gasteiger partial charge is 0.408 e. The molecule has 232 valence electrons. The number of ether oxygens (including phenoxy) is 3. The molecule has 0 spiro atoms. The first kappa shape index (κ1) is 33.2. The Morgan fingerprint density at radius 2 is 1.51 bits per heavy atom. The van der Waals surface area contributed by atoms with Crippen LogP contribution in [0.4, 0.5) is 4.79 Å². The monoisotopic (exact) mass is 593 g/mol. The van der Waals surface area contributed by atoms with Crippen molar-refractivity contribution in [2.45, 2.75) is 84.6 Å². The molecule has 1 aromatic heterocycles. The van der Waals surface area contributed by atoms with Crippen LogP contribution in [-0.4, -0.2) is 53.2 Å². The molecule has 0 aliphatic rings. The van der Waals surface area contributed by atoms with Crippen LogP contribution in [0.3, 0.4) is 0 Å². The van der Waals surface area contributed by atoms with Gasteiger partial charge in [0, 0.05) is 29.9 Å².